The first-order valence-electron chi connectivity index (χ1n) is 8.95. The van der Waals surface area contributed by atoms with Crippen LogP contribution in [-0.4, -0.2) is 30.0 Å². The van der Waals surface area contributed by atoms with Crippen LogP contribution < -0.4 is 9.62 Å². The molecule has 0 saturated carbocycles. The van der Waals surface area contributed by atoms with Crippen LogP contribution in [0.4, 0.5) is 5.69 Å². The normalized spacial score (nSPS) is 17.4. The van der Waals surface area contributed by atoms with Crippen LogP contribution in [0.15, 0.2) is 35.4 Å². The first-order chi connectivity index (χ1) is 13.0. The van der Waals surface area contributed by atoms with Gasteiger partial charge in [-0.1, -0.05) is 0 Å². The van der Waals surface area contributed by atoms with Crippen molar-refractivity contribution >= 4 is 27.5 Å². The van der Waals surface area contributed by atoms with Crippen LogP contribution in [0.5, 0.6) is 0 Å². The number of amides is 2. The van der Waals surface area contributed by atoms with E-state index >= 15 is 0 Å². The maximum atomic E-state index is 12.6. The molecule has 2 aliphatic rings. The summed E-state index contributed by atoms with van der Waals surface area (Å²) in [5, 5.41) is 4.31. The molecule has 0 atom stereocenters. The molecule has 1 N–H and O–H groups in total. The molecule has 0 radical (unpaired) electrons. The van der Waals surface area contributed by atoms with Gasteiger partial charge in [-0.25, -0.2) is 13.1 Å². The number of nitrogens with one attached hydrogen (secondary N) is 1. The van der Waals surface area contributed by atoms with Gasteiger partial charge in [0.2, 0.25) is 21.8 Å². The van der Waals surface area contributed by atoms with Crippen molar-refractivity contribution < 1.29 is 18.0 Å². The number of aromatic nitrogens is 2. The predicted molar refractivity (Wildman–Crippen MR) is 97.4 cm³/mol. The van der Waals surface area contributed by atoms with Gasteiger partial charge in [-0.3, -0.25) is 19.2 Å². The highest BCUT2D eigenvalue weighted by Gasteiger charge is 2.30. The molecule has 9 heteroatoms. The number of imide groups is 1. The van der Waals surface area contributed by atoms with Gasteiger partial charge >= 0.3 is 0 Å². The summed E-state index contributed by atoms with van der Waals surface area (Å²) in [5.74, 6) is -0.528. The van der Waals surface area contributed by atoms with Gasteiger partial charge in [-0.05, 0) is 43.5 Å². The summed E-state index contributed by atoms with van der Waals surface area (Å²) in [6.45, 7) is 1.06. The summed E-state index contributed by atoms with van der Waals surface area (Å²) >= 11 is 0. The Labute approximate surface area is 157 Å². The van der Waals surface area contributed by atoms with Gasteiger partial charge in [0.1, 0.15) is 0 Å². The molecule has 0 spiro atoms. The lowest BCUT2D eigenvalue weighted by Crippen LogP contribution is -2.28. The number of hydrogen-bond acceptors (Lipinski definition) is 5. The highest BCUT2D eigenvalue weighted by Crippen LogP contribution is 2.24. The lowest BCUT2D eigenvalue weighted by Gasteiger charge is -2.15. The maximum Gasteiger partial charge on any atom is 0.240 e. The Bertz CT molecular complexity index is 979. The Morgan fingerprint density at radius 1 is 1.00 bits per heavy atom. The summed E-state index contributed by atoms with van der Waals surface area (Å²) in [6.07, 6.45) is 5.18. The van der Waals surface area contributed by atoms with Crippen molar-refractivity contribution in [3.05, 3.63) is 41.7 Å². The first-order valence-corrected chi connectivity index (χ1v) is 10.4. The SMILES string of the molecule is O=C1CCC(=O)N1c1ccc(S(=O)(=O)NCc2cnn3c2CCCC3)cc1. The molecular formula is C18H20N4O4S. The molecule has 0 unspecified atom stereocenters. The summed E-state index contributed by atoms with van der Waals surface area (Å²) in [7, 11) is -3.71. The Morgan fingerprint density at radius 2 is 1.70 bits per heavy atom. The van der Waals surface area contributed by atoms with Gasteiger partial charge in [0.25, 0.3) is 0 Å². The van der Waals surface area contributed by atoms with Crippen LogP contribution in [0.2, 0.25) is 0 Å². The number of nitrogens with zero attached hydrogens (tertiary/aromatic N) is 3. The maximum absolute atomic E-state index is 12.6. The molecule has 3 heterocycles. The van der Waals surface area contributed by atoms with E-state index in [9.17, 15) is 18.0 Å². The molecule has 27 heavy (non-hydrogen) atoms. The minimum Gasteiger partial charge on any atom is -0.274 e. The average Bonchev–Trinajstić information content (AvgIpc) is 3.23. The van der Waals surface area contributed by atoms with Crippen molar-refractivity contribution in [3.8, 4) is 0 Å². The summed E-state index contributed by atoms with van der Waals surface area (Å²) in [4.78, 5) is 24.8. The van der Waals surface area contributed by atoms with Gasteiger partial charge in [0.05, 0.1) is 16.8 Å². The topological polar surface area (TPSA) is 101 Å². The summed E-state index contributed by atoms with van der Waals surface area (Å²) in [5.41, 5.74) is 2.38. The monoisotopic (exact) mass is 388 g/mol. The summed E-state index contributed by atoms with van der Waals surface area (Å²) in [6, 6.07) is 5.78. The molecule has 1 aromatic heterocycles. The van der Waals surface area contributed by atoms with E-state index in [1.54, 1.807) is 6.20 Å². The zero-order valence-electron chi connectivity index (χ0n) is 14.7. The summed E-state index contributed by atoms with van der Waals surface area (Å²) < 4.78 is 29.7. The number of aryl methyl sites for hydroxylation is 1. The molecular weight excluding hydrogens is 368 g/mol. The number of rotatable bonds is 5. The smallest absolute Gasteiger partial charge is 0.240 e. The second kappa shape index (κ2) is 6.90. The number of carbonyl (C=O) groups excluding carboxylic acids is 2. The molecule has 1 saturated heterocycles. The van der Waals surface area contributed by atoms with Crippen molar-refractivity contribution in [3.63, 3.8) is 0 Å². The van der Waals surface area contributed by atoms with Crippen molar-refractivity contribution in [2.45, 2.75) is 50.1 Å². The number of benzene rings is 1. The molecule has 4 rings (SSSR count). The zero-order valence-corrected chi connectivity index (χ0v) is 15.5. The van der Waals surface area contributed by atoms with Gasteiger partial charge in [0.15, 0.2) is 0 Å². The van der Waals surface area contributed by atoms with E-state index in [1.807, 2.05) is 4.68 Å². The molecule has 2 aliphatic heterocycles. The van der Waals surface area contributed by atoms with E-state index in [-0.39, 0.29) is 36.1 Å². The average molecular weight is 388 g/mol. The fraction of sp³-hybridized carbons (Fsp3) is 0.389. The minimum atomic E-state index is -3.71. The third-order valence-electron chi connectivity index (χ3n) is 4.98. The lowest BCUT2D eigenvalue weighted by molar-refractivity contribution is -0.121. The molecule has 1 aromatic carbocycles. The van der Waals surface area contributed by atoms with Gasteiger partial charge in [-0.15, -0.1) is 0 Å². The van der Waals surface area contributed by atoms with Gasteiger partial charge < -0.3 is 0 Å². The highest BCUT2D eigenvalue weighted by atomic mass is 32.2. The van der Waals surface area contributed by atoms with Crippen LogP contribution in [0.1, 0.15) is 36.9 Å². The second-order valence-electron chi connectivity index (χ2n) is 6.74. The van der Waals surface area contributed by atoms with Crippen LogP contribution in [0, 0.1) is 0 Å². The molecule has 0 aliphatic carbocycles. The lowest BCUT2D eigenvalue weighted by atomic mass is 10.1. The predicted octanol–water partition coefficient (Wildman–Crippen LogP) is 1.35. The van der Waals surface area contributed by atoms with Gasteiger partial charge in [-0.2, -0.15) is 5.10 Å². The Hall–Kier alpha value is -2.52. The van der Waals surface area contributed by atoms with Crippen molar-refractivity contribution in [2.75, 3.05) is 4.90 Å². The molecule has 142 valence electrons. The van der Waals surface area contributed by atoms with E-state index in [1.165, 1.54) is 24.3 Å². The molecule has 0 bridgehead atoms. The third kappa shape index (κ3) is 3.40. The molecule has 1 fully saturated rings. The third-order valence-corrected chi connectivity index (χ3v) is 6.40. The standard InChI is InChI=1S/C18H20N4O4S/c23-17-8-9-18(24)22(17)14-4-6-15(7-5-14)27(25,26)20-12-13-11-19-21-10-2-1-3-16(13)21/h4-7,11,20H,1-3,8-10,12H2. The molecule has 8 nitrogen and oxygen atoms in total. The van der Waals surface area contributed by atoms with Crippen molar-refractivity contribution in [1.82, 2.24) is 14.5 Å². The van der Waals surface area contributed by atoms with Crippen LogP contribution in [0.25, 0.3) is 0 Å². The van der Waals surface area contributed by atoms with Crippen LogP contribution in [0.3, 0.4) is 0 Å². The van der Waals surface area contributed by atoms with Gasteiger partial charge in [0, 0.05) is 37.2 Å². The van der Waals surface area contributed by atoms with Crippen molar-refractivity contribution in [2.24, 2.45) is 0 Å². The number of sulfonamides is 1. The van der Waals surface area contributed by atoms with E-state index in [4.69, 9.17) is 0 Å². The Balaban J connectivity index is 1.48. The quantitative estimate of drug-likeness (QED) is 0.779. The van der Waals surface area contributed by atoms with E-state index in [0.717, 1.165) is 42.0 Å². The van der Waals surface area contributed by atoms with E-state index < -0.39 is 10.0 Å². The number of fused-ring (bicyclic) bond motifs is 1. The van der Waals surface area contributed by atoms with Crippen LogP contribution >= 0.6 is 0 Å². The fourth-order valence-corrected chi connectivity index (χ4v) is 4.53. The highest BCUT2D eigenvalue weighted by molar-refractivity contribution is 7.89. The first kappa shape index (κ1) is 17.9. The number of anilines is 1. The second-order valence-corrected chi connectivity index (χ2v) is 8.51. The largest absolute Gasteiger partial charge is 0.274 e. The zero-order chi connectivity index (χ0) is 19.0. The van der Waals surface area contributed by atoms with E-state index in [0.29, 0.717) is 5.69 Å². The van der Waals surface area contributed by atoms with Crippen LogP contribution in [-0.2, 0) is 39.1 Å². The minimum absolute atomic E-state index is 0.0892. The Morgan fingerprint density at radius 3 is 2.41 bits per heavy atom. The molecule has 2 aromatic rings. The number of hydrogen-bond donors (Lipinski definition) is 1. The Kier molecular flexibility index (Phi) is 4.56. The fourth-order valence-electron chi connectivity index (χ4n) is 3.53. The van der Waals surface area contributed by atoms with E-state index in [2.05, 4.69) is 9.82 Å². The number of carbonyl (C=O) groups is 2. The van der Waals surface area contributed by atoms with Crippen molar-refractivity contribution in [1.29, 1.82) is 0 Å². The molecule has 2 amide bonds.